The van der Waals surface area contributed by atoms with Gasteiger partial charge in [-0.25, -0.2) is 0 Å². The van der Waals surface area contributed by atoms with Crippen molar-refractivity contribution in [1.82, 2.24) is 4.90 Å². The van der Waals surface area contributed by atoms with Gasteiger partial charge in [-0.1, -0.05) is 13.8 Å². The molecule has 0 radical (unpaired) electrons. The average molecular weight is 143 g/mol. The molecule has 2 heteroatoms. The van der Waals surface area contributed by atoms with Gasteiger partial charge in [0.1, 0.15) is 0 Å². The Bertz CT molecular complexity index is 110. The summed E-state index contributed by atoms with van der Waals surface area (Å²) in [4.78, 5) is 12.5. The van der Waals surface area contributed by atoms with Crippen LogP contribution in [0.5, 0.6) is 0 Å². The number of likely N-dealkylation sites (tertiary alicyclic amines) is 1. The summed E-state index contributed by atoms with van der Waals surface area (Å²) < 4.78 is 0. The Labute approximate surface area is 63.2 Å². The second kappa shape index (κ2) is 4.31. The molecule has 60 valence electrons. The van der Waals surface area contributed by atoms with Gasteiger partial charge >= 0.3 is 0 Å². The lowest BCUT2D eigenvalue weighted by molar-refractivity contribution is -0.141. The van der Waals surface area contributed by atoms with E-state index in [9.17, 15) is 4.79 Å². The first-order valence-electron chi connectivity index (χ1n) is 4.01. The number of carbonyl (C=O) groups excluding carboxylic acids is 1. The van der Waals surface area contributed by atoms with E-state index >= 15 is 0 Å². The van der Waals surface area contributed by atoms with Crippen LogP contribution in [0, 0.1) is 0 Å². The maximum Gasteiger partial charge on any atom is 0.224 e. The zero-order valence-electron chi connectivity index (χ0n) is 7.35. The van der Waals surface area contributed by atoms with Crippen molar-refractivity contribution < 1.29 is 4.79 Å². The van der Waals surface area contributed by atoms with Crippen molar-refractivity contribution in [1.29, 1.82) is 0 Å². The molecule has 0 atom stereocenters. The van der Waals surface area contributed by atoms with E-state index in [1.54, 1.807) is 0 Å². The molecule has 1 saturated heterocycles. The molecule has 1 aliphatic heterocycles. The Kier molecular flexibility index (Phi) is 4.08. The molecule has 1 fully saturated rings. The van der Waals surface area contributed by atoms with Gasteiger partial charge in [0, 0.05) is 19.0 Å². The highest BCUT2D eigenvalue weighted by molar-refractivity contribution is 5.81. The predicted molar refractivity (Wildman–Crippen MR) is 42.8 cm³/mol. The molecule has 0 unspecified atom stereocenters. The Morgan fingerprint density at radius 3 is 1.90 bits per heavy atom. The Morgan fingerprint density at radius 1 is 1.40 bits per heavy atom. The van der Waals surface area contributed by atoms with Crippen molar-refractivity contribution in [2.75, 3.05) is 6.54 Å². The van der Waals surface area contributed by atoms with Crippen LogP contribution in [0.15, 0.2) is 0 Å². The fraction of sp³-hybridized carbons (Fsp3) is 0.875. The highest BCUT2D eigenvalue weighted by atomic mass is 16.2. The zero-order valence-corrected chi connectivity index (χ0v) is 7.35. The quantitative estimate of drug-likeness (QED) is 0.511. The minimum atomic E-state index is 0.306. The lowest BCUT2D eigenvalue weighted by Crippen LogP contribution is -2.47. The maximum absolute atomic E-state index is 10.6. The van der Waals surface area contributed by atoms with E-state index in [-0.39, 0.29) is 0 Å². The summed E-state index contributed by atoms with van der Waals surface area (Å²) >= 11 is 0. The molecular formula is C8H17NO. The third-order valence-corrected chi connectivity index (χ3v) is 1.51. The van der Waals surface area contributed by atoms with Gasteiger partial charge in [0.15, 0.2) is 0 Å². The number of hydrogen-bond donors (Lipinski definition) is 0. The Balaban J connectivity index is 0.000000371. The minimum absolute atomic E-state index is 0.306. The minimum Gasteiger partial charge on any atom is -0.340 e. The van der Waals surface area contributed by atoms with Crippen LogP contribution in [0.2, 0.25) is 0 Å². The molecule has 0 aromatic heterocycles. The fourth-order valence-corrected chi connectivity index (χ4v) is 0.878. The van der Waals surface area contributed by atoms with Crippen molar-refractivity contribution in [3.8, 4) is 0 Å². The fourth-order valence-electron chi connectivity index (χ4n) is 0.878. The largest absolute Gasteiger partial charge is 0.340 e. The molecule has 1 rings (SSSR count). The molecule has 0 bridgehead atoms. The third kappa shape index (κ3) is 2.01. The smallest absolute Gasteiger partial charge is 0.224 e. The normalized spacial score (nSPS) is 16.1. The van der Waals surface area contributed by atoms with Gasteiger partial charge in [0.25, 0.3) is 0 Å². The van der Waals surface area contributed by atoms with Crippen LogP contribution >= 0.6 is 0 Å². The van der Waals surface area contributed by atoms with E-state index in [0.29, 0.717) is 11.9 Å². The number of carbonyl (C=O) groups is 1. The van der Waals surface area contributed by atoms with Gasteiger partial charge in [0.05, 0.1) is 0 Å². The van der Waals surface area contributed by atoms with Crippen LogP contribution in [0.4, 0.5) is 0 Å². The monoisotopic (exact) mass is 143 g/mol. The van der Waals surface area contributed by atoms with E-state index in [1.807, 2.05) is 32.6 Å². The molecule has 0 aromatic carbocycles. The van der Waals surface area contributed by atoms with Crippen molar-refractivity contribution in [3.05, 3.63) is 0 Å². The van der Waals surface area contributed by atoms with E-state index in [0.717, 1.165) is 13.0 Å². The number of hydrogen-bond acceptors (Lipinski definition) is 1. The summed E-state index contributed by atoms with van der Waals surface area (Å²) in [5.74, 6) is 0.306. The first-order chi connectivity index (χ1) is 4.72. The summed E-state index contributed by atoms with van der Waals surface area (Å²) in [5.41, 5.74) is 0. The third-order valence-electron chi connectivity index (χ3n) is 1.51. The molecular weight excluding hydrogens is 126 g/mol. The topological polar surface area (TPSA) is 20.3 Å². The van der Waals surface area contributed by atoms with Crippen LogP contribution in [-0.2, 0) is 4.79 Å². The summed E-state index contributed by atoms with van der Waals surface area (Å²) in [6, 6.07) is 0.413. The maximum atomic E-state index is 10.6. The van der Waals surface area contributed by atoms with Crippen molar-refractivity contribution >= 4 is 5.91 Å². The van der Waals surface area contributed by atoms with Crippen molar-refractivity contribution in [2.45, 2.75) is 40.2 Å². The van der Waals surface area contributed by atoms with E-state index in [4.69, 9.17) is 0 Å². The van der Waals surface area contributed by atoms with Crippen LogP contribution in [-0.4, -0.2) is 23.4 Å². The molecule has 2 nitrogen and oxygen atoms in total. The summed E-state index contributed by atoms with van der Waals surface area (Å²) in [7, 11) is 0. The van der Waals surface area contributed by atoms with Gasteiger partial charge in [-0.2, -0.15) is 0 Å². The molecule has 1 aliphatic rings. The first-order valence-corrected chi connectivity index (χ1v) is 4.01. The number of nitrogens with zero attached hydrogens (tertiary/aromatic N) is 1. The van der Waals surface area contributed by atoms with Crippen LogP contribution < -0.4 is 0 Å². The number of β-lactam (4-membered cyclic amide) rings is 1. The summed E-state index contributed by atoms with van der Waals surface area (Å²) in [5, 5.41) is 0. The predicted octanol–water partition coefficient (Wildman–Crippen LogP) is 1.65. The van der Waals surface area contributed by atoms with Crippen molar-refractivity contribution in [2.24, 2.45) is 0 Å². The lowest BCUT2D eigenvalue weighted by atomic mass is 10.1. The molecule has 1 heterocycles. The first kappa shape index (κ1) is 9.47. The van der Waals surface area contributed by atoms with Crippen LogP contribution in [0.1, 0.15) is 34.1 Å². The molecule has 10 heavy (non-hydrogen) atoms. The second-order valence-electron chi connectivity index (χ2n) is 2.43. The zero-order chi connectivity index (χ0) is 8.15. The molecule has 0 N–H and O–H groups in total. The summed E-state index contributed by atoms with van der Waals surface area (Å²) in [6.07, 6.45) is 0.762. The SMILES string of the molecule is CC.CC(C)N1CCC1=O. The van der Waals surface area contributed by atoms with Crippen LogP contribution in [0.3, 0.4) is 0 Å². The van der Waals surface area contributed by atoms with Gasteiger partial charge in [-0.15, -0.1) is 0 Å². The van der Waals surface area contributed by atoms with Gasteiger partial charge < -0.3 is 4.90 Å². The Hall–Kier alpha value is -0.530. The van der Waals surface area contributed by atoms with Gasteiger partial charge in [0.2, 0.25) is 5.91 Å². The molecule has 0 aromatic rings. The highest BCUT2D eigenvalue weighted by Crippen LogP contribution is 2.11. The summed E-state index contributed by atoms with van der Waals surface area (Å²) in [6.45, 7) is 9.05. The number of rotatable bonds is 1. The number of amides is 1. The van der Waals surface area contributed by atoms with E-state index in [1.165, 1.54) is 0 Å². The molecule has 0 spiro atoms. The van der Waals surface area contributed by atoms with Crippen LogP contribution in [0.25, 0.3) is 0 Å². The van der Waals surface area contributed by atoms with Gasteiger partial charge in [-0.05, 0) is 13.8 Å². The molecule has 0 aliphatic carbocycles. The highest BCUT2D eigenvalue weighted by Gasteiger charge is 2.25. The lowest BCUT2D eigenvalue weighted by Gasteiger charge is -2.34. The van der Waals surface area contributed by atoms with E-state index < -0.39 is 0 Å². The standard InChI is InChI=1S/C6H11NO.C2H6/c1-5(2)7-4-3-6(7)8;1-2/h5H,3-4H2,1-2H3;1-2H3. The molecule has 0 saturated carbocycles. The van der Waals surface area contributed by atoms with Gasteiger partial charge in [-0.3, -0.25) is 4.79 Å². The second-order valence-corrected chi connectivity index (χ2v) is 2.43. The average Bonchev–Trinajstić information content (AvgIpc) is 1.88. The van der Waals surface area contributed by atoms with E-state index in [2.05, 4.69) is 0 Å². The Morgan fingerprint density at radius 2 is 1.90 bits per heavy atom. The molecule has 1 amide bonds. The van der Waals surface area contributed by atoms with Crippen molar-refractivity contribution in [3.63, 3.8) is 0 Å².